The molecule has 0 saturated carbocycles. The van der Waals surface area contributed by atoms with E-state index in [1.807, 2.05) is 23.5 Å². The molecule has 0 unspecified atom stereocenters. The number of hydrogen-bond acceptors (Lipinski definition) is 3. The summed E-state index contributed by atoms with van der Waals surface area (Å²) in [4.78, 5) is 7.68. The predicted molar refractivity (Wildman–Crippen MR) is 104 cm³/mol. The summed E-state index contributed by atoms with van der Waals surface area (Å²) in [6.45, 7) is 2.35. The molecule has 3 heteroatoms. The number of pyridine rings is 1. The van der Waals surface area contributed by atoms with Crippen LogP contribution in [0.25, 0.3) is 32.8 Å². The first-order valence-electron chi connectivity index (χ1n) is 8.84. The zero-order chi connectivity index (χ0) is 16.8. The van der Waals surface area contributed by atoms with Crippen molar-refractivity contribution in [2.24, 2.45) is 5.92 Å². The number of nitrogens with zero attached hydrogens (tertiary/aromatic N) is 1. The summed E-state index contributed by atoms with van der Waals surface area (Å²) in [5.41, 5.74) is 4.85. The number of thiophene rings is 1. The molecule has 124 valence electrons. The molecule has 1 aromatic carbocycles. The highest BCUT2D eigenvalue weighted by molar-refractivity contribution is 7.19. The molecule has 25 heavy (non-hydrogen) atoms. The van der Waals surface area contributed by atoms with Crippen LogP contribution in [-0.2, 0) is 12.8 Å². The lowest BCUT2D eigenvalue weighted by atomic mass is 9.88. The number of furan rings is 1. The van der Waals surface area contributed by atoms with E-state index in [9.17, 15) is 0 Å². The molecule has 3 aromatic heterocycles. The summed E-state index contributed by atoms with van der Waals surface area (Å²) >= 11 is 1.87. The maximum atomic E-state index is 5.78. The molecule has 4 aromatic rings. The Balaban J connectivity index is 1.81. The van der Waals surface area contributed by atoms with Crippen molar-refractivity contribution in [3.63, 3.8) is 0 Å². The lowest BCUT2D eigenvalue weighted by molar-refractivity contribution is 0.509. The molecule has 3 heterocycles. The second kappa shape index (κ2) is 5.85. The Morgan fingerprint density at radius 1 is 1.12 bits per heavy atom. The van der Waals surface area contributed by atoms with Crippen LogP contribution in [0.4, 0.5) is 0 Å². The van der Waals surface area contributed by atoms with Gasteiger partial charge in [-0.15, -0.1) is 11.3 Å². The minimum absolute atomic E-state index is 0.765. The van der Waals surface area contributed by atoms with Crippen molar-refractivity contribution in [1.82, 2.24) is 4.98 Å². The zero-order valence-electron chi connectivity index (χ0n) is 14.2. The molecular weight excluding hydrogens is 326 g/mol. The molecule has 0 amide bonds. The summed E-state index contributed by atoms with van der Waals surface area (Å²) < 4.78 is 5.78. The number of aryl methyl sites for hydroxylation is 1. The Hall–Kier alpha value is -2.39. The van der Waals surface area contributed by atoms with Gasteiger partial charge in [0, 0.05) is 21.4 Å². The molecule has 0 fully saturated rings. The van der Waals surface area contributed by atoms with Crippen LogP contribution in [0.3, 0.4) is 0 Å². The number of aromatic nitrogens is 1. The first-order chi connectivity index (χ1) is 12.3. The van der Waals surface area contributed by atoms with E-state index in [1.54, 1.807) is 6.26 Å². The van der Waals surface area contributed by atoms with Gasteiger partial charge in [0.1, 0.15) is 10.6 Å². The molecule has 0 saturated heterocycles. The van der Waals surface area contributed by atoms with Crippen LogP contribution in [0.2, 0.25) is 0 Å². The van der Waals surface area contributed by atoms with E-state index in [0.29, 0.717) is 0 Å². The fourth-order valence-electron chi connectivity index (χ4n) is 3.83. The molecule has 1 atom stereocenters. The molecule has 0 N–H and O–H groups in total. The summed E-state index contributed by atoms with van der Waals surface area (Å²) in [5, 5.41) is 1.31. The summed E-state index contributed by atoms with van der Waals surface area (Å²) in [6, 6.07) is 16.6. The zero-order valence-corrected chi connectivity index (χ0v) is 15.0. The van der Waals surface area contributed by atoms with E-state index in [-0.39, 0.29) is 0 Å². The smallest absolute Gasteiger partial charge is 0.134 e. The average Bonchev–Trinajstić information content (AvgIpc) is 3.28. The van der Waals surface area contributed by atoms with E-state index in [2.05, 4.69) is 43.3 Å². The van der Waals surface area contributed by atoms with Crippen molar-refractivity contribution in [1.29, 1.82) is 0 Å². The van der Waals surface area contributed by atoms with Crippen LogP contribution in [0.15, 0.2) is 59.2 Å². The largest absolute Gasteiger partial charge is 0.464 e. The van der Waals surface area contributed by atoms with Crippen LogP contribution in [0.5, 0.6) is 0 Å². The molecular formula is C22H19NOS. The van der Waals surface area contributed by atoms with Gasteiger partial charge in [-0.2, -0.15) is 0 Å². The maximum absolute atomic E-state index is 5.78. The van der Waals surface area contributed by atoms with Gasteiger partial charge in [-0.1, -0.05) is 37.3 Å². The lowest BCUT2D eigenvalue weighted by Gasteiger charge is -2.18. The Bertz CT molecular complexity index is 1030. The van der Waals surface area contributed by atoms with Crippen molar-refractivity contribution in [3.8, 4) is 22.6 Å². The number of benzene rings is 1. The van der Waals surface area contributed by atoms with E-state index in [4.69, 9.17) is 9.40 Å². The van der Waals surface area contributed by atoms with Crippen molar-refractivity contribution < 1.29 is 4.42 Å². The molecule has 0 bridgehead atoms. The van der Waals surface area contributed by atoms with Crippen LogP contribution < -0.4 is 0 Å². The first kappa shape index (κ1) is 14.9. The Labute approximate surface area is 151 Å². The standard InChI is InChI=1S/C22H19NOS/c1-14-9-10-16-20(12-14)25-22-21(16)17(19-8-5-11-24-19)13-18(23-22)15-6-3-2-4-7-15/h2-8,11,13-14H,9-10,12H2,1H3/t14-/m1/s1. The molecule has 0 aliphatic heterocycles. The van der Waals surface area contributed by atoms with Crippen molar-refractivity contribution >= 4 is 21.6 Å². The summed E-state index contributed by atoms with van der Waals surface area (Å²) in [5.74, 6) is 1.70. The average molecular weight is 345 g/mol. The summed E-state index contributed by atoms with van der Waals surface area (Å²) in [6.07, 6.45) is 5.34. The highest BCUT2D eigenvalue weighted by Gasteiger charge is 2.24. The lowest BCUT2D eigenvalue weighted by Crippen LogP contribution is -2.08. The second-order valence-corrected chi connectivity index (χ2v) is 8.01. The SMILES string of the molecule is C[C@@H]1CCc2c(sc3nc(-c4ccccc4)cc(-c4ccco4)c23)C1. The molecule has 5 rings (SSSR count). The maximum Gasteiger partial charge on any atom is 0.134 e. The van der Waals surface area contributed by atoms with Crippen molar-refractivity contribution in [2.75, 3.05) is 0 Å². The van der Waals surface area contributed by atoms with Gasteiger partial charge < -0.3 is 4.42 Å². The Morgan fingerprint density at radius 3 is 2.80 bits per heavy atom. The van der Waals surface area contributed by atoms with E-state index in [1.165, 1.54) is 34.2 Å². The molecule has 1 aliphatic carbocycles. The molecule has 1 aliphatic rings. The Kier molecular flexibility index (Phi) is 3.49. The first-order valence-corrected chi connectivity index (χ1v) is 9.66. The van der Waals surface area contributed by atoms with Gasteiger partial charge in [-0.25, -0.2) is 4.98 Å². The monoisotopic (exact) mass is 345 g/mol. The minimum Gasteiger partial charge on any atom is -0.464 e. The Morgan fingerprint density at radius 2 is 2.00 bits per heavy atom. The van der Waals surface area contributed by atoms with Crippen LogP contribution in [0.1, 0.15) is 23.8 Å². The van der Waals surface area contributed by atoms with E-state index in [0.717, 1.165) is 34.2 Å². The van der Waals surface area contributed by atoms with Crippen molar-refractivity contribution in [2.45, 2.75) is 26.2 Å². The third-order valence-electron chi connectivity index (χ3n) is 5.12. The third kappa shape index (κ3) is 2.50. The van der Waals surface area contributed by atoms with Gasteiger partial charge in [-0.3, -0.25) is 0 Å². The van der Waals surface area contributed by atoms with E-state index >= 15 is 0 Å². The van der Waals surface area contributed by atoms with E-state index < -0.39 is 0 Å². The van der Waals surface area contributed by atoms with Gasteiger partial charge in [0.25, 0.3) is 0 Å². The molecule has 2 nitrogen and oxygen atoms in total. The van der Waals surface area contributed by atoms with Gasteiger partial charge in [-0.05, 0) is 48.9 Å². The van der Waals surface area contributed by atoms with Gasteiger partial charge in [0.15, 0.2) is 0 Å². The highest BCUT2D eigenvalue weighted by Crippen LogP contribution is 2.43. The van der Waals surface area contributed by atoms with Crippen LogP contribution in [-0.4, -0.2) is 4.98 Å². The van der Waals surface area contributed by atoms with Crippen LogP contribution in [0, 0.1) is 5.92 Å². The van der Waals surface area contributed by atoms with Gasteiger partial charge in [0.2, 0.25) is 0 Å². The number of rotatable bonds is 2. The van der Waals surface area contributed by atoms with Crippen LogP contribution >= 0.6 is 11.3 Å². The normalized spacial score (nSPS) is 16.9. The fourth-order valence-corrected chi connectivity index (χ4v) is 5.23. The molecule has 0 radical (unpaired) electrons. The fraction of sp³-hybridized carbons (Fsp3) is 0.227. The topological polar surface area (TPSA) is 26.0 Å². The summed E-state index contributed by atoms with van der Waals surface area (Å²) in [7, 11) is 0. The molecule has 0 spiro atoms. The van der Waals surface area contributed by atoms with Gasteiger partial charge >= 0.3 is 0 Å². The highest BCUT2D eigenvalue weighted by atomic mass is 32.1. The predicted octanol–water partition coefficient (Wildman–Crippen LogP) is 6.35. The second-order valence-electron chi connectivity index (χ2n) is 6.93. The minimum atomic E-state index is 0.765. The quantitative estimate of drug-likeness (QED) is 0.423. The van der Waals surface area contributed by atoms with Crippen molar-refractivity contribution in [3.05, 3.63) is 65.2 Å². The van der Waals surface area contributed by atoms with Gasteiger partial charge in [0.05, 0.1) is 12.0 Å². The number of fused-ring (bicyclic) bond motifs is 3. The number of hydrogen-bond donors (Lipinski definition) is 0. The third-order valence-corrected chi connectivity index (χ3v) is 6.27.